The molecule has 2 heterocycles. The third-order valence-electron chi connectivity index (χ3n) is 4.24. The summed E-state index contributed by atoms with van der Waals surface area (Å²) in [4.78, 5) is 11.5. The number of ether oxygens (including phenoxy) is 1. The lowest BCUT2D eigenvalue weighted by molar-refractivity contribution is -0.137. The van der Waals surface area contributed by atoms with Gasteiger partial charge in [0.05, 0.1) is 11.3 Å². The van der Waals surface area contributed by atoms with Crippen molar-refractivity contribution in [3.63, 3.8) is 0 Å². The van der Waals surface area contributed by atoms with Crippen molar-refractivity contribution in [2.75, 3.05) is 0 Å². The summed E-state index contributed by atoms with van der Waals surface area (Å²) in [6.07, 6.45) is -4.48. The maximum atomic E-state index is 12.9. The summed E-state index contributed by atoms with van der Waals surface area (Å²) in [7, 11) is 0. The molecule has 0 saturated heterocycles. The van der Waals surface area contributed by atoms with Crippen LogP contribution in [-0.2, 0) is 12.8 Å². The highest BCUT2D eigenvalue weighted by molar-refractivity contribution is 5.81. The number of alkyl halides is 3. The molecule has 0 amide bonds. The molecule has 148 valence electrons. The Balaban J connectivity index is 1.59. The first kappa shape index (κ1) is 18.7. The number of hydrogen-bond donors (Lipinski definition) is 0. The molecule has 7 nitrogen and oxygen atoms in total. The van der Waals surface area contributed by atoms with Gasteiger partial charge in [-0.3, -0.25) is 0 Å². The minimum Gasteiger partial charge on any atom is -0.485 e. The standard InChI is InChI=1S/C19H13F3N4O3/c1-11-7-18(27)29-16-9-14(5-6-15(11)16)28-10-17-23-24-25-26(17)13-4-2-3-12(8-13)19(20,21)22/h2-9H,10H2,1H3. The van der Waals surface area contributed by atoms with Crippen LogP contribution in [0, 0.1) is 6.92 Å². The largest absolute Gasteiger partial charge is 0.485 e. The normalized spacial score (nSPS) is 11.7. The van der Waals surface area contributed by atoms with Gasteiger partial charge in [0, 0.05) is 17.5 Å². The highest BCUT2D eigenvalue weighted by atomic mass is 19.4. The predicted molar refractivity (Wildman–Crippen MR) is 95.7 cm³/mol. The van der Waals surface area contributed by atoms with Crippen LogP contribution in [0.15, 0.2) is 57.7 Å². The summed E-state index contributed by atoms with van der Waals surface area (Å²) < 4.78 is 50.8. The summed E-state index contributed by atoms with van der Waals surface area (Å²) in [5.74, 6) is 0.597. The van der Waals surface area contributed by atoms with Crippen molar-refractivity contribution in [2.24, 2.45) is 0 Å². The molecule has 0 unspecified atom stereocenters. The van der Waals surface area contributed by atoms with E-state index in [1.165, 1.54) is 22.9 Å². The quantitative estimate of drug-likeness (QED) is 0.485. The molecule has 0 aliphatic rings. The summed E-state index contributed by atoms with van der Waals surface area (Å²) in [5.41, 5.74) is 0.0164. The second-order valence-electron chi connectivity index (χ2n) is 6.25. The number of benzene rings is 2. The number of hydrogen-bond acceptors (Lipinski definition) is 6. The fourth-order valence-corrected chi connectivity index (χ4v) is 2.85. The Morgan fingerprint density at radius 1 is 1.14 bits per heavy atom. The predicted octanol–water partition coefficient (Wildman–Crippen LogP) is 3.67. The van der Waals surface area contributed by atoms with Crippen molar-refractivity contribution in [1.82, 2.24) is 20.2 Å². The minimum absolute atomic E-state index is 0.106. The molecule has 4 rings (SSSR count). The van der Waals surface area contributed by atoms with Gasteiger partial charge in [-0.1, -0.05) is 6.07 Å². The van der Waals surface area contributed by atoms with Crippen LogP contribution in [0.3, 0.4) is 0 Å². The smallest absolute Gasteiger partial charge is 0.416 e. The van der Waals surface area contributed by atoms with E-state index in [4.69, 9.17) is 9.15 Å². The van der Waals surface area contributed by atoms with Gasteiger partial charge in [0.15, 0.2) is 5.82 Å². The Labute approximate surface area is 161 Å². The Hall–Kier alpha value is -3.69. The Bertz CT molecular complexity index is 1250. The maximum Gasteiger partial charge on any atom is 0.416 e. The van der Waals surface area contributed by atoms with E-state index in [0.717, 1.165) is 23.1 Å². The monoisotopic (exact) mass is 402 g/mol. The maximum absolute atomic E-state index is 12.9. The van der Waals surface area contributed by atoms with Crippen LogP contribution >= 0.6 is 0 Å². The van der Waals surface area contributed by atoms with E-state index in [1.54, 1.807) is 25.1 Å². The van der Waals surface area contributed by atoms with E-state index < -0.39 is 17.4 Å². The molecule has 0 spiro atoms. The molecule has 2 aromatic carbocycles. The Morgan fingerprint density at radius 2 is 1.97 bits per heavy atom. The van der Waals surface area contributed by atoms with Crippen LogP contribution in [0.1, 0.15) is 17.0 Å². The summed E-state index contributed by atoms with van der Waals surface area (Å²) in [6.45, 7) is 1.69. The van der Waals surface area contributed by atoms with Gasteiger partial charge in [-0.05, 0) is 53.2 Å². The number of nitrogens with zero attached hydrogens (tertiary/aromatic N) is 4. The third kappa shape index (κ3) is 3.82. The fourth-order valence-electron chi connectivity index (χ4n) is 2.85. The molecule has 0 saturated carbocycles. The van der Waals surface area contributed by atoms with Crippen LogP contribution in [0.25, 0.3) is 16.7 Å². The van der Waals surface area contributed by atoms with Crippen molar-refractivity contribution in [2.45, 2.75) is 19.7 Å². The summed E-state index contributed by atoms with van der Waals surface area (Å²) in [6, 6.07) is 11.0. The Morgan fingerprint density at radius 3 is 2.76 bits per heavy atom. The average molecular weight is 402 g/mol. The van der Waals surface area contributed by atoms with Gasteiger partial charge in [-0.2, -0.15) is 17.9 Å². The van der Waals surface area contributed by atoms with E-state index in [9.17, 15) is 18.0 Å². The number of rotatable bonds is 4. The molecule has 0 aliphatic heterocycles. The highest BCUT2D eigenvalue weighted by Gasteiger charge is 2.30. The molecule has 0 bridgehead atoms. The van der Waals surface area contributed by atoms with E-state index in [-0.39, 0.29) is 18.1 Å². The lowest BCUT2D eigenvalue weighted by Gasteiger charge is -2.10. The number of aryl methyl sites for hydroxylation is 1. The van der Waals surface area contributed by atoms with Crippen LogP contribution in [0.4, 0.5) is 13.2 Å². The van der Waals surface area contributed by atoms with Gasteiger partial charge in [0.25, 0.3) is 0 Å². The second kappa shape index (κ2) is 7.04. The van der Waals surface area contributed by atoms with Crippen LogP contribution in [-0.4, -0.2) is 20.2 Å². The van der Waals surface area contributed by atoms with Gasteiger partial charge >= 0.3 is 11.8 Å². The van der Waals surface area contributed by atoms with E-state index in [1.807, 2.05) is 0 Å². The number of halogens is 3. The van der Waals surface area contributed by atoms with Crippen molar-refractivity contribution in [3.8, 4) is 11.4 Å². The second-order valence-corrected chi connectivity index (χ2v) is 6.25. The molecular weight excluding hydrogens is 389 g/mol. The first-order valence-corrected chi connectivity index (χ1v) is 8.43. The summed E-state index contributed by atoms with van der Waals surface area (Å²) >= 11 is 0. The first-order valence-electron chi connectivity index (χ1n) is 8.43. The number of aromatic nitrogens is 4. The molecule has 29 heavy (non-hydrogen) atoms. The number of tetrazole rings is 1. The van der Waals surface area contributed by atoms with Crippen molar-refractivity contribution in [1.29, 1.82) is 0 Å². The SMILES string of the molecule is Cc1cc(=O)oc2cc(OCc3nnnn3-c3cccc(C(F)(F)F)c3)ccc12. The van der Waals surface area contributed by atoms with E-state index >= 15 is 0 Å². The van der Waals surface area contributed by atoms with Crippen LogP contribution in [0.5, 0.6) is 5.75 Å². The summed E-state index contributed by atoms with van der Waals surface area (Å²) in [5, 5.41) is 11.8. The topological polar surface area (TPSA) is 83.0 Å². The van der Waals surface area contributed by atoms with E-state index in [0.29, 0.717) is 11.3 Å². The Kier molecular flexibility index (Phi) is 4.53. The van der Waals surface area contributed by atoms with Gasteiger partial charge in [-0.25, -0.2) is 4.79 Å². The van der Waals surface area contributed by atoms with Crippen molar-refractivity contribution < 1.29 is 22.3 Å². The number of fused-ring (bicyclic) bond motifs is 1. The van der Waals surface area contributed by atoms with Crippen molar-refractivity contribution in [3.05, 3.63) is 75.9 Å². The van der Waals surface area contributed by atoms with Crippen LogP contribution < -0.4 is 10.4 Å². The van der Waals surface area contributed by atoms with Gasteiger partial charge in [0.2, 0.25) is 0 Å². The van der Waals surface area contributed by atoms with E-state index in [2.05, 4.69) is 15.5 Å². The molecule has 4 aromatic rings. The molecule has 0 fully saturated rings. The molecule has 0 radical (unpaired) electrons. The molecule has 0 aliphatic carbocycles. The van der Waals surface area contributed by atoms with Crippen LogP contribution in [0.2, 0.25) is 0 Å². The molecule has 2 aromatic heterocycles. The third-order valence-corrected chi connectivity index (χ3v) is 4.24. The molecular formula is C19H13F3N4O3. The van der Waals surface area contributed by atoms with Gasteiger partial charge in [-0.15, -0.1) is 5.10 Å². The van der Waals surface area contributed by atoms with Gasteiger partial charge < -0.3 is 9.15 Å². The molecule has 0 atom stereocenters. The molecule has 10 heteroatoms. The molecule has 0 N–H and O–H groups in total. The zero-order valence-corrected chi connectivity index (χ0v) is 15.0. The minimum atomic E-state index is -4.48. The fraction of sp³-hybridized carbons (Fsp3) is 0.158. The average Bonchev–Trinajstić information content (AvgIpc) is 3.14. The highest BCUT2D eigenvalue weighted by Crippen LogP contribution is 2.30. The lowest BCUT2D eigenvalue weighted by Crippen LogP contribution is -2.10. The lowest BCUT2D eigenvalue weighted by atomic mass is 10.1. The van der Waals surface area contributed by atoms with Gasteiger partial charge in [0.1, 0.15) is 17.9 Å². The van der Waals surface area contributed by atoms with Crippen molar-refractivity contribution >= 4 is 11.0 Å². The zero-order chi connectivity index (χ0) is 20.6. The zero-order valence-electron chi connectivity index (χ0n) is 15.0. The first-order chi connectivity index (χ1) is 13.8.